The first-order valence-electron chi connectivity index (χ1n) is 9.82. The molecule has 0 radical (unpaired) electrons. The summed E-state index contributed by atoms with van der Waals surface area (Å²) in [6.07, 6.45) is -0.250. The molecule has 4 atom stereocenters. The fourth-order valence-electron chi connectivity index (χ4n) is 3.54. The topological polar surface area (TPSA) is 154 Å². The first-order chi connectivity index (χ1) is 15.9. The Morgan fingerprint density at radius 2 is 2.03 bits per heavy atom. The number of hydrogen-bond acceptors (Lipinski definition) is 9. The second-order valence-electron chi connectivity index (χ2n) is 7.29. The zero-order valence-electron chi connectivity index (χ0n) is 17.5. The maximum atomic E-state index is 12.4. The molecule has 33 heavy (non-hydrogen) atoms. The minimum absolute atomic E-state index is 0.135. The minimum atomic E-state index is -1.03. The molecule has 13 heteroatoms. The summed E-state index contributed by atoms with van der Waals surface area (Å²) < 4.78 is 18.4. The molecule has 3 heterocycles. The van der Waals surface area contributed by atoms with E-state index in [0.717, 1.165) is 5.56 Å². The average molecular weight is 472 g/mol. The zero-order valence-corrected chi connectivity index (χ0v) is 18.3. The van der Waals surface area contributed by atoms with Gasteiger partial charge < -0.3 is 14.2 Å². The van der Waals surface area contributed by atoms with Crippen LogP contribution in [0.2, 0.25) is 5.15 Å². The van der Waals surface area contributed by atoms with Crippen molar-refractivity contribution in [1.82, 2.24) is 19.5 Å². The number of nitrogens with zero attached hydrogens (tertiary/aromatic N) is 7. The zero-order chi connectivity index (χ0) is 23.5. The van der Waals surface area contributed by atoms with Crippen molar-refractivity contribution < 1.29 is 23.8 Å². The van der Waals surface area contributed by atoms with Crippen molar-refractivity contribution in [2.45, 2.75) is 38.3 Å². The smallest absolute Gasteiger partial charge is 0.338 e. The summed E-state index contributed by atoms with van der Waals surface area (Å²) >= 11 is 6.08. The predicted octanol–water partition coefficient (Wildman–Crippen LogP) is 3.15. The van der Waals surface area contributed by atoms with Crippen molar-refractivity contribution in [3.63, 3.8) is 0 Å². The second kappa shape index (κ2) is 9.41. The Morgan fingerprint density at radius 1 is 1.27 bits per heavy atom. The fourth-order valence-corrected chi connectivity index (χ4v) is 3.72. The molecule has 4 rings (SSSR count). The van der Waals surface area contributed by atoms with Gasteiger partial charge in [-0.2, -0.15) is 0 Å². The summed E-state index contributed by atoms with van der Waals surface area (Å²) in [4.78, 5) is 39.3. The van der Waals surface area contributed by atoms with E-state index in [0.29, 0.717) is 16.7 Å². The number of carbonyl (C=O) groups is 2. The lowest BCUT2D eigenvalue weighted by molar-refractivity contribution is -0.152. The lowest BCUT2D eigenvalue weighted by Gasteiger charge is -2.21. The number of benzene rings is 1. The number of carbonyl (C=O) groups excluding carboxylic acids is 2. The van der Waals surface area contributed by atoms with Crippen molar-refractivity contribution in [3.05, 3.63) is 63.6 Å². The van der Waals surface area contributed by atoms with Crippen LogP contribution in [-0.2, 0) is 19.0 Å². The predicted molar refractivity (Wildman–Crippen MR) is 114 cm³/mol. The van der Waals surface area contributed by atoms with Crippen LogP contribution in [0.15, 0.2) is 42.0 Å². The molecule has 0 saturated carbocycles. The van der Waals surface area contributed by atoms with Gasteiger partial charge in [0.25, 0.3) is 0 Å². The Labute approximate surface area is 192 Å². The van der Waals surface area contributed by atoms with Crippen molar-refractivity contribution in [3.8, 4) is 0 Å². The number of hydrogen-bond donors (Lipinski definition) is 0. The Balaban J connectivity index is 1.62. The fraction of sp³-hybridized carbons (Fsp3) is 0.350. The van der Waals surface area contributed by atoms with E-state index in [9.17, 15) is 9.59 Å². The van der Waals surface area contributed by atoms with Crippen molar-refractivity contribution >= 4 is 34.7 Å². The SMILES string of the molecule is CC(=O)O[C@H]1[C@@H](N=[N+]=[N-])[C@H](COC(=O)c2ccc(C)cc2)O[C@@H]1n1cnc2c(Cl)ncnc21. The minimum Gasteiger partial charge on any atom is -0.459 e. The van der Waals surface area contributed by atoms with Gasteiger partial charge in [-0.15, -0.1) is 0 Å². The molecular weight excluding hydrogens is 454 g/mol. The molecule has 0 spiro atoms. The number of halogens is 1. The quantitative estimate of drug-likeness (QED) is 0.174. The number of aromatic nitrogens is 4. The summed E-state index contributed by atoms with van der Waals surface area (Å²) in [7, 11) is 0. The van der Waals surface area contributed by atoms with E-state index in [4.69, 9.17) is 31.3 Å². The first kappa shape index (κ1) is 22.5. The normalized spacial score (nSPS) is 22.0. The highest BCUT2D eigenvalue weighted by Gasteiger charge is 2.48. The Kier molecular flexibility index (Phi) is 6.40. The molecule has 0 bridgehead atoms. The van der Waals surface area contributed by atoms with Crippen LogP contribution in [0.25, 0.3) is 21.6 Å². The summed E-state index contributed by atoms with van der Waals surface area (Å²) in [6.45, 7) is 2.88. The van der Waals surface area contributed by atoms with Crippen molar-refractivity contribution in [2.75, 3.05) is 6.61 Å². The summed E-state index contributed by atoms with van der Waals surface area (Å²) in [5, 5.41) is 3.89. The molecule has 0 N–H and O–H groups in total. The Morgan fingerprint density at radius 3 is 2.73 bits per heavy atom. The van der Waals surface area contributed by atoms with Gasteiger partial charge in [-0.1, -0.05) is 34.4 Å². The highest BCUT2D eigenvalue weighted by molar-refractivity contribution is 6.33. The number of rotatable bonds is 6. The molecule has 170 valence electrons. The average Bonchev–Trinajstić information content (AvgIpc) is 3.35. The van der Waals surface area contributed by atoms with E-state index in [2.05, 4.69) is 25.0 Å². The van der Waals surface area contributed by atoms with Gasteiger partial charge in [0.05, 0.1) is 11.9 Å². The van der Waals surface area contributed by atoms with Crippen molar-refractivity contribution in [2.24, 2.45) is 5.11 Å². The number of azide groups is 1. The van der Waals surface area contributed by atoms with Crippen LogP contribution in [0.5, 0.6) is 0 Å². The molecule has 1 fully saturated rings. The lowest BCUT2D eigenvalue weighted by Crippen LogP contribution is -2.36. The standard InChI is InChI=1S/C20H18ClN7O5/c1-10-3-5-12(6-4-10)20(30)31-7-13-14(26-27-22)16(32-11(2)29)19(33-13)28-9-25-15-17(21)23-8-24-18(15)28/h3-6,8-9,13-14,16,19H,7H2,1-2H3/t13-,14-,16-,19-/m0/s1. The molecule has 3 aromatic rings. The van der Waals surface area contributed by atoms with E-state index in [-0.39, 0.29) is 11.8 Å². The van der Waals surface area contributed by atoms with Gasteiger partial charge >= 0.3 is 11.9 Å². The number of imidazole rings is 1. The van der Waals surface area contributed by atoms with E-state index in [1.807, 2.05) is 6.92 Å². The third-order valence-electron chi connectivity index (χ3n) is 5.05. The van der Waals surface area contributed by atoms with Gasteiger partial charge in [-0.05, 0) is 24.6 Å². The summed E-state index contributed by atoms with van der Waals surface area (Å²) in [5.74, 6) is -1.18. The van der Waals surface area contributed by atoms with Gasteiger partial charge in [-0.3, -0.25) is 9.36 Å². The van der Waals surface area contributed by atoms with Crippen LogP contribution in [0, 0.1) is 6.92 Å². The molecule has 0 amide bonds. The number of fused-ring (bicyclic) bond motifs is 1. The molecule has 1 aliphatic heterocycles. The van der Waals surface area contributed by atoms with E-state index < -0.39 is 36.4 Å². The molecule has 1 aromatic carbocycles. The highest BCUT2D eigenvalue weighted by Crippen LogP contribution is 2.36. The number of aryl methyl sites for hydroxylation is 1. The third kappa shape index (κ3) is 4.58. The van der Waals surface area contributed by atoms with E-state index >= 15 is 0 Å². The number of esters is 2. The van der Waals surface area contributed by atoms with Crippen LogP contribution in [0.4, 0.5) is 0 Å². The number of ether oxygens (including phenoxy) is 3. The maximum Gasteiger partial charge on any atom is 0.338 e. The van der Waals surface area contributed by atoms with E-state index in [1.54, 1.807) is 24.3 Å². The van der Waals surface area contributed by atoms with E-state index in [1.165, 1.54) is 24.1 Å². The summed E-state index contributed by atoms with van der Waals surface area (Å²) in [5.41, 5.74) is 11.1. The van der Waals surface area contributed by atoms with Crippen LogP contribution in [0.1, 0.15) is 29.1 Å². The molecule has 1 aliphatic rings. The van der Waals surface area contributed by atoms with Gasteiger partial charge in [0.1, 0.15) is 30.6 Å². The Hall–Kier alpha value is -3.73. The van der Waals surface area contributed by atoms with Gasteiger partial charge in [0.2, 0.25) is 0 Å². The van der Waals surface area contributed by atoms with Crippen LogP contribution >= 0.6 is 11.6 Å². The lowest BCUT2D eigenvalue weighted by atomic mass is 10.1. The Bertz CT molecular complexity index is 1240. The first-order valence-corrected chi connectivity index (χ1v) is 10.2. The van der Waals surface area contributed by atoms with Crippen LogP contribution < -0.4 is 0 Å². The monoisotopic (exact) mass is 471 g/mol. The van der Waals surface area contributed by atoms with Crippen molar-refractivity contribution in [1.29, 1.82) is 0 Å². The molecule has 0 unspecified atom stereocenters. The highest BCUT2D eigenvalue weighted by atomic mass is 35.5. The molecule has 1 saturated heterocycles. The van der Waals surface area contributed by atoms with Gasteiger partial charge in [-0.25, -0.2) is 19.7 Å². The molecular formula is C20H18ClN7O5. The van der Waals surface area contributed by atoms with Gasteiger partial charge in [0, 0.05) is 11.8 Å². The largest absolute Gasteiger partial charge is 0.459 e. The third-order valence-corrected chi connectivity index (χ3v) is 5.33. The van der Waals surface area contributed by atoms with Crippen LogP contribution in [0.3, 0.4) is 0 Å². The molecule has 12 nitrogen and oxygen atoms in total. The molecule has 2 aromatic heterocycles. The second-order valence-corrected chi connectivity index (χ2v) is 7.65. The maximum absolute atomic E-state index is 12.4. The summed E-state index contributed by atoms with van der Waals surface area (Å²) in [6, 6.07) is 5.88. The van der Waals surface area contributed by atoms with Gasteiger partial charge in [0.15, 0.2) is 23.1 Å². The van der Waals surface area contributed by atoms with Crippen LogP contribution in [-0.4, -0.2) is 56.3 Å². The molecule has 0 aliphatic carbocycles.